The second-order valence-electron chi connectivity index (χ2n) is 7.26. The molecular formula is C22H21N7O2S. The first kappa shape index (κ1) is 21.4. The highest BCUT2D eigenvalue weighted by Crippen LogP contribution is 2.28. The van der Waals surface area contributed by atoms with E-state index in [2.05, 4.69) is 26.9 Å². The van der Waals surface area contributed by atoms with Crippen molar-refractivity contribution in [3.63, 3.8) is 0 Å². The highest BCUT2D eigenvalue weighted by Gasteiger charge is 2.21. The van der Waals surface area contributed by atoms with Crippen LogP contribution in [-0.4, -0.2) is 36.4 Å². The molecule has 1 aromatic carbocycles. The van der Waals surface area contributed by atoms with Gasteiger partial charge in [-0.1, -0.05) is 29.5 Å². The number of nitrogens with zero attached hydrogens (tertiary/aromatic N) is 6. The number of carbonyl (C=O) groups is 1. The maximum absolute atomic E-state index is 12.8. The molecule has 0 spiro atoms. The van der Waals surface area contributed by atoms with Gasteiger partial charge in [0.05, 0.1) is 29.8 Å². The van der Waals surface area contributed by atoms with Crippen LogP contribution in [0.5, 0.6) is 0 Å². The molecule has 1 N–H and O–H groups in total. The van der Waals surface area contributed by atoms with Gasteiger partial charge in [-0.05, 0) is 61.0 Å². The van der Waals surface area contributed by atoms with E-state index >= 15 is 0 Å². The lowest BCUT2D eigenvalue weighted by Crippen LogP contribution is -2.19. The minimum atomic E-state index is -0.261. The molecule has 0 aliphatic heterocycles. The predicted octanol–water partition coefficient (Wildman–Crippen LogP) is 3.63. The Morgan fingerprint density at radius 3 is 2.69 bits per heavy atom. The van der Waals surface area contributed by atoms with Gasteiger partial charge in [0.2, 0.25) is 11.1 Å². The Kier molecular flexibility index (Phi) is 6.09. The molecule has 0 radical (unpaired) electrons. The van der Waals surface area contributed by atoms with Gasteiger partial charge >= 0.3 is 0 Å². The molecule has 4 aromatic rings. The van der Waals surface area contributed by atoms with Gasteiger partial charge in [-0.15, -0.1) is 5.10 Å². The molecular weight excluding hydrogens is 426 g/mol. The maximum Gasteiger partial charge on any atom is 0.235 e. The van der Waals surface area contributed by atoms with Crippen LogP contribution < -0.4 is 5.32 Å². The first-order chi connectivity index (χ1) is 15.5. The largest absolute Gasteiger partial charge is 0.467 e. The Morgan fingerprint density at radius 1 is 1.22 bits per heavy atom. The highest BCUT2D eigenvalue weighted by molar-refractivity contribution is 7.99. The lowest BCUT2D eigenvalue weighted by Gasteiger charge is -2.12. The van der Waals surface area contributed by atoms with Gasteiger partial charge in [0.15, 0.2) is 0 Å². The summed E-state index contributed by atoms with van der Waals surface area (Å²) in [6, 6.07) is 13.6. The average molecular weight is 448 g/mol. The van der Waals surface area contributed by atoms with Crippen molar-refractivity contribution in [3.8, 4) is 11.8 Å². The molecule has 0 aliphatic carbocycles. The summed E-state index contributed by atoms with van der Waals surface area (Å²) in [6.07, 6.45) is 1.60. The summed E-state index contributed by atoms with van der Waals surface area (Å²) >= 11 is 1.22. The lowest BCUT2D eigenvalue weighted by atomic mass is 10.2. The first-order valence-electron chi connectivity index (χ1n) is 9.88. The van der Waals surface area contributed by atoms with Crippen LogP contribution in [0.25, 0.3) is 5.69 Å². The molecule has 0 atom stereocenters. The third-order valence-electron chi connectivity index (χ3n) is 5.14. The Bertz CT molecular complexity index is 1280. The number of rotatable bonds is 7. The summed E-state index contributed by atoms with van der Waals surface area (Å²) in [7, 11) is 0. The van der Waals surface area contributed by atoms with Crippen molar-refractivity contribution in [3.05, 3.63) is 70.8 Å². The number of nitrogens with one attached hydrogen (secondary N) is 1. The third kappa shape index (κ3) is 4.29. The Hall–Kier alpha value is -3.84. The molecule has 0 saturated carbocycles. The molecule has 0 aliphatic rings. The number of carbonyl (C=O) groups excluding carboxylic acids is 1. The zero-order chi connectivity index (χ0) is 22.7. The first-order valence-corrected chi connectivity index (χ1v) is 10.9. The smallest absolute Gasteiger partial charge is 0.235 e. The number of furan rings is 1. The van der Waals surface area contributed by atoms with Gasteiger partial charge in [-0.3, -0.25) is 4.79 Å². The topological polar surface area (TPSA) is 115 Å². The molecule has 0 bridgehead atoms. The average Bonchev–Trinajstić information content (AvgIpc) is 3.51. The van der Waals surface area contributed by atoms with Crippen LogP contribution in [0.3, 0.4) is 0 Å². The summed E-state index contributed by atoms with van der Waals surface area (Å²) in [5.74, 6) is 1.02. The standard InChI is InChI=1S/C22H21N7O2S/c1-14-6-8-17(9-7-14)29-22(25-26-27-29)32-13-20(30)24-21-19(11-23)15(2)16(3)28(21)12-18-5-4-10-31-18/h4-10H,12-13H2,1-3H3,(H,24,30). The van der Waals surface area contributed by atoms with Crippen LogP contribution in [0, 0.1) is 32.1 Å². The van der Waals surface area contributed by atoms with Crippen LogP contribution in [0.15, 0.2) is 52.2 Å². The number of benzene rings is 1. The monoisotopic (exact) mass is 447 g/mol. The molecule has 0 unspecified atom stereocenters. The van der Waals surface area contributed by atoms with Gasteiger partial charge in [-0.25, -0.2) is 0 Å². The van der Waals surface area contributed by atoms with E-state index in [4.69, 9.17) is 4.42 Å². The third-order valence-corrected chi connectivity index (χ3v) is 6.06. The highest BCUT2D eigenvalue weighted by atomic mass is 32.2. The van der Waals surface area contributed by atoms with Crippen LogP contribution in [-0.2, 0) is 11.3 Å². The molecule has 3 heterocycles. The van der Waals surface area contributed by atoms with Gasteiger partial charge in [-0.2, -0.15) is 9.94 Å². The van der Waals surface area contributed by atoms with Crippen molar-refractivity contribution < 1.29 is 9.21 Å². The minimum Gasteiger partial charge on any atom is -0.467 e. The quantitative estimate of drug-likeness (QED) is 0.430. The number of anilines is 1. The molecule has 162 valence electrons. The van der Waals surface area contributed by atoms with Crippen molar-refractivity contribution in [1.82, 2.24) is 24.8 Å². The summed E-state index contributed by atoms with van der Waals surface area (Å²) < 4.78 is 8.92. The van der Waals surface area contributed by atoms with E-state index in [0.29, 0.717) is 23.1 Å². The summed E-state index contributed by atoms with van der Waals surface area (Å²) in [5.41, 5.74) is 4.10. The summed E-state index contributed by atoms with van der Waals surface area (Å²) in [6.45, 7) is 6.20. The number of aryl methyl sites for hydroxylation is 1. The van der Waals surface area contributed by atoms with Crippen molar-refractivity contribution in [2.24, 2.45) is 0 Å². The lowest BCUT2D eigenvalue weighted by molar-refractivity contribution is -0.113. The summed E-state index contributed by atoms with van der Waals surface area (Å²) in [4.78, 5) is 12.8. The van der Waals surface area contributed by atoms with Crippen LogP contribution in [0.4, 0.5) is 5.82 Å². The molecule has 0 fully saturated rings. The van der Waals surface area contributed by atoms with Crippen molar-refractivity contribution in [2.75, 3.05) is 11.1 Å². The number of nitriles is 1. The summed E-state index contributed by atoms with van der Waals surface area (Å²) in [5, 5.41) is 24.8. The van der Waals surface area contributed by atoms with Crippen LogP contribution in [0.2, 0.25) is 0 Å². The SMILES string of the molecule is Cc1ccc(-n2nnnc2SCC(=O)Nc2c(C#N)c(C)c(C)n2Cc2ccco2)cc1. The van der Waals surface area contributed by atoms with E-state index in [-0.39, 0.29) is 11.7 Å². The maximum atomic E-state index is 12.8. The fraction of sp³-hybridized carbons (Fsp3) is 0.227. The molecule has 9 nitrogen and oxygen atoms in total. The van der Waals surface area contributed by atoms with E-state index in [1.165, 1.54) is 11.8 Å². The number of thioether (sulfide) groups is 1. The van der Waals surface area contributed by atoms with Gasteiger partial charge in [0, 0.05) is 5.69 Å². The molecule has 32 heavy (non-hydrogen) atoms. The van der Waals surface area contributed by atoms with Crippen molar-refractivity contribution >= 4 is 23.5 Å². The Balaban J connectivity index is 1.51. The zero-order valence-corrected chi connectivity index (χ0v) is 18.7. The number of hydrogen-bond donors (Lipinski definition) is 1. The zero-order valence-electron chi connectivity index (χ0n) is 17.9. The fourth-order valence-electron chi connectivity index (χ4n) is 3.30. The van der Waals surface area contributed by atoms with E-state index in [1.54, 1.807) is 17.0 Å². The van der Waals surface area contributed by atoms with Crippen molar-refractivity contribution in [1.29, 1.82) is 5.26 Å². The van der Waals surface area contributed by atoms with Gasteiger partial charge in [0.25, 0.3) is 0 Å². The van der Waals surface area contributed by atoms with Crippen molar-refractivity contribution in [2.45, 2.75) is 32.5 Å². The fourth-order valence-corrected chi connectivity index (χ4v) is 3.99. The van der Waals surface area contributed by atoms with E-state index in [9.17, 15) is 10.1 Å². The Labute approximate surface area is 189 Å². The number of tetrazole rings is 1. The normalized spacial score (nSPS) is 10.8. The van der Waals surface area contributed by atoms with E-state index < -0.39 is 0 Å². The van der Waals surface area contributed by atoms with Gasteiger partial charge in [0.1, 0.15) is 17.6 Å². The second-order valence-corrected chi connectivity index (χ2v) is 8.20. The molecule has 1 amide bonds. The second kappa shape index (κ2) is 9.11. The van der Waals surface area contributed by atoms with Crippen LogP contribution in [0.1, 0.15) is 28.1 Å². The molecule has 0 saturated heterocycles. The van der Waals surface area contributed by atoms with E-state index in [0.717, 1.165) is 28.3 Å². The van der Waals surface area contributed by atoms with Crippen LogP contribution >= 0.6 is 11.8 Å². The number of aromatic nitrogens is 5. The molecule has 4 rings (SSSR count). The Morgan fingerprint density at radius 2 is 2.00 bits per heavy atom. The number of hydrogen-bond acceptors (Lipinski definition) is 7. The molecule has 3 aromatic heterocycles. The number of amides is 1. The van der Waals surface area contributed by atoms with E-state index in [1.807, 2.05) is 55.7 Å². The minimum absolute atomic E-state index is 0.0845. The van der Waals surface area contributed by atoms with Gasteiger partial charge < -0.3 is 14.3 Å². The molecule has 10 heteroatoms. The predicted molar refractivity (Wildman–Crippen MR) is 120 cm³/mol.